The third-order valence-electron chi connectivity index (χ3n) is 12.7. The van der Waals surface area contributed by atoms with Crippen molar-refractivity contribution in [1.82, 2.24) is 0 Å². The molecule has 0 heterocycles. The van der Waals surface area contributed by atoms with Crippen LogP contribution in [0.15, 0.2) is 133 Å². The van der Waals surface area contributed by atoms with Crippen LogP contribution in [0, 0.1) is 16.2 Å². The van der Waals surface area contributed by atoms with Crippen LogP contribution < -0.4 is 0 Å². The molecule has 0 saturated heterocycles. The number of ether oxygens (including phenoxy) is 1. The van der Waals surface area contributed by atoms with Crippen LogP contribution >= 0.6 is 0 Å². The van der Waals surface area contributed by atoms with Gasteiger partial charge in [-0.25, -0.2) is 0 Å². The zero-order valence-corrected chi connectivity index (χ0v) is 45.3. The molecule has 1 heteroatoms. The molecule has 1 nitrogen and oxygen atoms in total. The van der Waals surface area contributed by atoms with Gasteiger partial charge in [0.15, 0.2) is 0 Å². The minimum atomic E-state index is 0.345. The van der Waals surface area contributed by atoms with Gasteiger partial charge in [-0.15, -0.1) is 0 Å². The SMILES string of the molecule is CC.CC.CC.CC.CC(C)(C)C1CCC(c2ccccc2)c2ccccc21.CC(C)(C)C1CCCc2ccccc21.CC(C)(C)C1CCCc2ccccc21.COCc1ccccc1. The molecule has 0 fully saturated rings. The lowest BCUT2D eigenvalue weighted by atomic mass is 9.65. The average Bonchev–Trinajstić information content (AvgIpc) is 3.34. The molecule has 0 amide bonds. The van der Waals surface area contributed by atoms with Gasteiger partial charge in [0.25, 0.3) is 0 Å². The van der Waals surface area contributed by atoms with Crippen molar-refractivity contribution in [3.63, 3.8) is 0 Å². The normalized spacial score (nSPS) is 17.9. The number of rotatable bonds is 3. The predicted molar refractivity (Wildman–Crippen MR) is 292 cm³/mol. The maximum absolute atomic E-state index is 4.93. The summed E-state index contributed by atoms with van der Waals surface area (Å²) < 4.78 is 4.93. The summed E-state index contributed by atoms with van der Waals surface area (Å²) in [6, 6.07) is 48.1. The second kappa shape index (κ2) is 31.1. The lowest BCUT2D eigenvalue weighted by Gasteiger charge is -2.39. The first-order chi connectivity index (χ1) is 31.2. The first-order valence-corrected chi connectivity index (χ1v) is 26.0. The fourth-order valence-electron chi connectivity index (χ4n) is 9.77. The lowest BCUT2D eigenvalue weighted by molar-refractivity contribution is 0.185. The molecule has 360 valence electrons. The van der Waals surface area contributed by atoms with E-state index in [1.54, 1.807) is 40.5 Å². The molecule has 4 unspecified atom stereocenters. The number of hydrogen-bond donors (Lipinski definition) is 0. The van der Waals surface area contributed by atoms with Gasteiger partial charge in [0, 0.05) is 13.0 Å². The Bertz CT molecular complexity index is 1850. The maximum atomic E-state index is 4.93. The van der Waals surface area contributed by atoms with Crippen molar-refractivity contribution in [2.75, 3.05) is 7.11 Å². The highest BCUT2D eigenvalue weighted by Gasteiger charge is 2.35. The number of aryl methyl sites for hydroxylation is 2. The molecular weight excluding hydrogens is 785 g/mol. The first-order valence-electron chi connectivity index (χ1n) is 26.0. The Morgan fingerprint density at radius 2 is 0.723 bits per heavy atom. The molecule has 0 aromatic heterocycles. The van der Waals surface area contributed by atoms with Crippen molar-refractivity contribution >= 4 is 0 Å². The van der Waals surface area contributed by atoms with E-state index in [4.69, 9.17) is 4.74 Å². The molecule has 8 rings (SSSR count). The summed E-state index contributed by atoms with van der Waals surface area (Å²) in [7, 11) is 1.70. The van der Waals surface area contributed by atoms with Crippen molar-refractivity contribution in [2.24, 2.45) is 16.2 Å². The Hall–Kier alpha value is -3.94. The third kappa shape index (κ3) is 19.1. The highest BCUT2D eigenvalue weighted by molar-refractivity contribution is 5.43. The van der Waals surface area contributed by atoms with Gasteiger partial charge in [-0.1, -0.05) is 251 Å². The van der Waals surface area contributed by atoms with Crippen LogP contribution in [0.2, 0.25) is 0 Å². The Balaban J connectivity index is 0.000000423. The summed E-state index contributed by atoms with van der Waals surface area (Å²) in [5.41, 5.74) is 13.3. The fraction of sp³-hybridized carbons (Fsp3) is 0.531. The molecule has 0 spiro atoms. The molecule has 3 aliphatic rings. The van der Waals surface area contributed by atoms with Gasteiger partial charge in [0.05, 0.1) is 6.61 Å². The van der Waals surface area contributed by atoms with Crippen LogP contribution in [0.3, 0.4) is 0 Å². The molecule has 5 aromatic carbocycles. The molecule has 0 aliphatic heterocycles. The summed E-state index contributed by atoms with van der Waals surface area (Å²) >= 11 is 0. The van der Waals surface area contributed by atoms with Gasteiger partial charge < -0.3 is 4.74 Å². The molecular formula is C64H98O. The Morgan fingerprint density at radius 3 is 1.12 bits per heavy atom. The maximum Gasteiger partial charge on any atom is 0.0713 e. The van der Waals surface area contributed by atoms with Gasteiger partial charge in [-0.05, 0) is 130 Å². The number of fused-ring (bicyclic) bond motifs is 3. The first kappa shape index (κ1) is 59.1. The standard InChI is InChI=1S/C20H24.2C14H20.C8H10O.4C2H6/c1-20(2,3)19-14-13-16(15-9-5-4-6-10-15)17-11-7-8-12-18(17)19;2*1-14(2,3)13-10-6-8-11-7-4-5-9-12(11)13;1-9-7-8-5-3-2-4-6-8;4*1-2/h4-12,16,19H,13-14H2,1-3H3;2*4-5,7,9,13H,6,8,10H2,1-3H3;2-6H,7H2,1H3;4*1-2H3. The van der Waals surface area contributed by atoms with E-state index < -0.39 is 0 Å². The van der Waals surface area contributed by atoms with E-state index in [1.807, 2.05) is 85.7 Å². The van der Waals surface area contributed by atoms with Crippen LogP contribution in [0.4, 0.5) is 0 Å². The van der Waals surface area contributed by atoms with Gasteiger partial charge >= 0.3 is 0 Å². The van der Waals surface area contributed by atoms with E-state index in [2.05, 4.69) is 165 Å². The third-order valence-corrected chi connectivity index (χ3v) is 12.7. The summed E-state index contributed by atoms with van der Waals surface area (Å²) in [5, 5.41) is 0. The lowest BCUT2D eigenvalue weighted by Crippen LogP contribution is -2.25. The average molecular weight is 883 g/mol. The number of methoxy groups -OCH3 is 1. The van der Waals surface area contributed by atoms with Crippen LogP contribution in [-0.4, -0.2) is 7.11 Å². The molecule has 0 N–H and O–H groups in total. The van der Waals surface area contributed by atoms with E-state index in [-0.39, 0.29) is 0 Å². The van der Waals surface area contributed by atoms with Crippen LogP contribution in [0.5, 0.6) is 0 Å². The molecule has 0 radical (unpaired) electrons. The monoisotopic (exact) mass is 883 g/mol. The quantitative estimate of drug-likeness (QED) is 0.175. The fourth-order valence-corrected chi connectivity index (χ4v) is 9.77. The summed E-state index contributed by atoms with van der Waals surface area (Å²) in [6.07, 6.45) is 10.6. The highest BCUT2D eigenvalue weighted by Crippen LogP contribution is 2.49. The van der Waals surface area contributed by atoms with E-state index in [1.165, 1.54) is 62.5 Å². The number of hydrogen-bond acceptors (Lipinski definition) is 1. The van der Waals surface area contributed by atoms with Gasteiger partial charge in [0.1, 0.15) is 0 Å². The molecule has 0 bridgehead atoms. The van der Waals surface area contributed by atoms with Gasteiger partial charge in [0.2, 0.25) is 0 Å². The van der Waals surface area contributed by atoms with Crippen LogP contribution in [0.25, 0.3) is 0 Å². The predicted octanol–water partition coefficient (Wildman–Crippen LogP) is 20.0. The largest absolute Gasteiger partial charge is 0.380 e. The molecule has 65 heavy (non-hydrogen) atoms. The van der Waals surface area contributed by atoms with Gasteiger partial charge in [-0.2, -0.15) is 0 Å². The van der Waals surface area contributed by atoms with Crippen LogP contribution in [-0.2, 0) is 24.2 Å². The van der Waals surface area contributed by atoms with E-state index >= 15 is 0 Å². The van der Waals surface area contributed by atoms with Crippen molar-refractivity contribution in [1.29, 1.82) is 0 Å². The Labute approximate surface area is 403 Å². The second-order valence-electron chi connectivity index (χ2n) is 20.0. The molecule has 0 saturated carbocycles. The highest BCUT2D eigenvalue weighted by atomic mass is 16.5. The number of benzene rings is 5. The molecule has 5 aromatic rings. The zero-order chi connectivity index (χ0) is 49.1. The van der Waals surface area contributed by atoms with Crippen LogP contribution in [0.1, 0.15) is 224 Å². The van der Waals surface area contributed by atoms with Crippen molar-refractivity contribution in [3.8, 4) is 0 Å². The Kier molecular flexibility index (Phi) is 28.3. The topological polar surface area (TPSA) is 9.23 Å². The smallest absolute Gasteiger partial charge is 0.0713 e. The van der Waals surface area contributed by atoms with Crippen molar-refractivity contribution in [3.05, 3.63) is 178 Å². The molecule has 4 atom stereocenters. The zero-order valence-electron chi connectivity index (χ0n) is 45.3. The van der Waals surface area contributed by atoms with Crippen molar-refractivity contribution in [2.45, 2.75) is 199 Å². The van der Waals surface area contributed by atoms with E-state index in [0.717, 1.165) is 11.8 Å². The summed E-state index contributed by atoms with van der Waals surface area (Å²) in [4.78, 5) is 0. The Morgan fingerprint density at radius 1 is 0.385 bits per heavy atom. The minimum Gasteiger partial charge on any atom is -0.380 e. The van der Waals surface area contributed by atoms with Crippen molar-refractivity contribution < 1.29 is 4.74 Å². The van der Waals surface area contributed by atoms with Gasteiger partial charge in [-0.3, -0.25) is 0 Å². The minimum absolute atomic E-state index is 0.345. The van der Waals surface area contributed by atoms with E-state index in [0.29, 0.717) is 34.7 Å². The summed E-state index contributed by atoms with van der Waals surface area (Å²) in [6.45, 7) is 38.0. The van der Waals surface area contributed by atoms with E-state index in [9.17, 15) is 0 Å². The molecule has 3 aliphatic carbocycles. The summed E-state index contributed by atoms with van der Waals surface area (Å²) in [5.74, 6) is 2.77. The second-order valence-corrected chi connectivity index (χ2v) is 20.0.